The molecule has 2 aromatic rings. The number of amidine groups is 1. The number of likely N-dealkylation sites (tertiary alicyclic amines) is 1. The van der Waals surface area contributed by atoms with E-state index in [4.69, 9.17) is 0 Å². The van der Waals surface area contributed by atoms with Gasteiger partial charge in [0.15, 0.2) is 5.84 Å². The molecule has 27 heavy (non-hydrogen) atoms. The van der Waals surface area contributed by atoms with E-state index in [1.54, 1.807) is 36.4 Å². The number of fused-ring (bicyclic) bond motifs is 1. The first-order valence-electron chi connectivity index (χ1n) is 8.73. The Labute approximate surface area is 157 Å². The smallest absolute Gasteiger partial charge is 0.285 e. The topological polar surface area (TPSA) is 99.1 Å². The van der Waals surface area contributed by atoms with Crippen LogP contribution in [-0.4, -0.2) is 43.3 Å². The van der Waals surface area contributed by atoms with Gasteiger partial charge in [0, 0.05) is 30.3 Å². The van der Waals surface area contributed by atoms with Crippen molar-refractivity contribution in [1.29, 1.82) is 0 Å². The monoisotopic (exact) mass is 385 g/mol. The van der Waals surface area contributed by atoms with Crippen molar-refractivity contribution < 1.29 is 18.3 Å². The van der Waals surface area contributed by atoms with Crippen molar-refractivity contribution >= 4 is 27.5 Å². The van der Waals surface area contributed by atoms with Crippen LogP contribution in [0.4, 0.5) is 5.69 Å². The molecule has 8 heteroatoms. The number of benzene rings is 2. The van der Waals surface area contributed by atoms with Crippen molar-refractivity contribution in [3.63, 3.8) is 0 Å². The minimum Gasteiger partial charge on any atom is -0.508 e. The lowest BCUT2D eigenvalue weighted by Crippen LogP contribution is -2.41. The number of carbonyl (C=O) groups excluding carboxylic acids is 1. The first kappa shape index (κ1) is 17.5. The van der Waals surface area contributed by atoms with Crippen molar-refractivity contribution in [2.75, 3.05) is 18.4 Å². The van der Waals surface area contributed by atoms with E-state index in [1.165, 1.54) is 12.1 Å². The normalized spacial score (nSPS) is 18.7. The molecule has 2 aliphatic heterocycles. The molecule has 2 N–H and O–H groups in total. The first-order chi connectivity index (χ1) is 12.9. The zero-order valence-corrected chi connectivity index (χ0v) is 15.3. The van der Waals surface area contributed by atoms with Gasteiger partial charge in [-0.1, -0.05) is 12.1 Å². The lowest BCUT2D eigenvalue weighted by atomic mass is 9.95. The number of nitrogens with one attached hydrogen (secondary N) is 1. The van der Waals surface area contributed by atoms with Gasteiger partial charge in [0.1, 0.15) is 10.6 Å². The predicted octanol–water partition coefficient (Wildman–Crippen LogP) is 2.19. The molecule has 0 unspecified atom stereocenters. The first-order valence-corrected chi connectivity index (χ1v) is 10.2. The molecule has 2 heterocycles. The fourth-order valence-electron chi connectivity index (χ4n) is 3.46. The van der Waals surface area contributed by atoms with Crippen molar-refractivity contribution in [3.8, 4) is 5.75 Å². The van der Waals surface area contributed by atoms with Gasteiger partial charge in [0.2, 0.25) is 5.91 Å². The number of anilines is 1. The van der Waals surface area contributed by atoms with E-state index >= 15 is 0 Å². The highest BCUT2D eigenvalue weighted by atomic mass is 32.2. The number of amides is 1. The Morgan fingerprint density at radius 1 is 1.07 bits per heavy atom. The van der Waals surface area contributed by atoms with Crippen molar-refractivity contribution in [2.24, 2.45) is 10.3 Å². The Kier molecular flexibility index (Phi) is 4.35. The molecule has 0 saturated carbocycles. The summed E-state index contributed by atoms with van der Waals surface area (Å²) in [5.41, 5.74) is 1.27. The summed E-state index contributed by atoms with van der Waals surface area (Å²) in [5, 5.41) is 12.2. The second-order valence-corrected chi connectivity index (χ2v) is 8.26. The van der Waals surface area contributed by atoms with E-state index in [0.717, 1.165) is 0 Å². The zero-order valence-electron chi connectivity index (χ0n) is 14.5. The number of phenols is 1. The predicted molar refractivity (Wildman–Crippen MR) is 101 cm³/mol. The molecular weight excluding hydrogens is 366 g/mol. The third kappa shape index (κ3) is 3.40. The van der Waals surface area contributed by atoms with Gasteiger partial charge in [-0.05, 0) is 49.2 Å². The van der Waals surface area contributed by atoms with E-state index < -0.39 is 10.0 Å². The van der Waals surface area contributed by atoms with Gasteiger partial charge in [-0.3, -0.25) is 4.79 Å². The van der Waals surface area contributed by atoms with Crippen LogP contribution in [0.25, 0.3) is 0 Å². The van der Waals surface area contributed by atoms with Crippen LogP contribution in [0.3, 0.4) is 0 Å². The number of phenolic OH excluding ortho intramolecular Hbond substituents is 1. The average Bonchev–Trinajstić information content (AvgIpc) is 2.95. The molecule has 4 rings (SSSR count). The standard InChI is InChI=1S/C19H19N3O4S/c23-15-7-5-14(6-8-15)20-19(24)13-9-11-22(12-10-13)18-16-3-1-2-4-17(16)27(25,26)21-18/h1-8,13,23H,9-12H2,(H,20,24). The van der Waals surface area contributed by atoms with Crippen LogP contribution in [0.15, 0.2) is 57.8 Å². The molecule has 2 aromatic carbocycles. The Hall–Kier alpha value is -2.87. The summed E-state index contributed by atoms with van der Waals surface area (Å²) < 4.78 is 28.4. The average molecular weight is 385 g/mol. The largest absolute Gasteiger partial charge is 0.508 e. The summed E-state index contributed by atoms with van der Waals surface area (Å²) in [6, 6.07) is 13.2. The van der Waals surface area contributed by atoms with E-state index in [0.29, 0.717) is 43.0 Å². The number of hydrogen-bond donors (Lipinski definition) is 2. The van der Waals surface area contributed by atoms with Gasteiger partial charge in [-0.15, -0.1) is 4.40 Å². The molecule has 1 amide bonds. The number of rotatable bonds is 2. The second kappa shape index (κ2) is 6.70. The van der Waals surface area contributed by atoms with Crippen molar-refractivity contribution in [3.05, 3.63) is 54.1 Å². The SMILES string of the molecule is O=C(Nc1ccc(O)cc1)C1CCN(C2=NS(=O)(=O)c3ccccc32)CC1. The highest BCUT2D eigenvalue weighted by molar-refractivity contribution is 7.90. The van der Waals surface area contributed by atoms with Crippen LogP contribution in [0, 0.1) is 5.92 Å². The summed E-state index contributed by atoms with van der Waals surface area (Å²) in [4.78, 5) is 14.6. The molecule has 0 atom stereocenters. The molecule has 2 aliphatic rings. The summed E-state index contributed by atoms with van der Waals surface area (Å²) in [7, 11) is -3.63. The lowest BCUT2D eigenvalue weighted by molar-refractivity contribution is -0.120. The molecule has 0 bridgehead atoms. The number of aromatic hydroxyl groups is 1. The van der Waals surface area contributed by atoms with Crippen LogP contribution in [-0.2, 0) is 14.8 Å². The minimum atomic E-state index is -3.63. The van der Waals surface area contributed by atoms with E-state index in [-0.39, 0.29) is 22.5 Å². The number of nitrogens with zero attached hydrogens (tertiary/aromatic N) is 2. The highest BCUT2D eigenvalue weighted by Crippen LogP contribution is 2.30. The molecule has 140 valence electrons. The quantitative estimate of drug-likeness (QED) is 0.772. The van der Waals surface area contributed by atoms with Crippen molar-refractivity contribution in [1.82, 2.24) is 4.90 Å². The second-order valence-electron chi connectivity index (χ2n) is 6.68. The Bertz CT molecular complexity index is 1010. The van der Waals surface area contributed by atoms with E-state index in [1.807, 2.05) is 4.90 Å². The molecular formula is C19H19N3O4S. The van der Waals surface area contributed by atoms with E-state index in [9.17, 15) is 18.3 Å². The Morgan fingerprint density at radius 3 is 2.44 bits per heavy atom. The zero-order chi connectivity index (χ0) is 19.0. The maximum atomic E-state index is 12.5. The minimum absolute atomic E-state index is 0.0678. The third-order valence-electron chi connectivity index (χ3n) is 4.91. The highest BCUT2D eigenvalue weighted by Gasteiger charge is 2.34. The maximum absolute atomic E-state index is 12.5. The summed E-state index contributed by atoms with van der Waals surface area (Å²) in [6.45, 7) is 1.13. The van der Waals surface area contributed by atoms with E-state index in [2.05, 4.69) is 9.71 Å². The molecule has 0 aromatic heterocycles. The molecule has 0 aliphatic carbocycles. The van der Waals surface area contributed by atoms with Gasteiger partial charge in [0.25, 0.3) is 10.0 Å². The number of hydrogen-bond acceptors (Lipinski definition) is 5. The molecule has 7 nitrogen and oxygen atoms in total. The number of sulfonamides is 1. The van der Waals surface area contributed by atoms with Gasteiger partial charge < -0.3 is 15.3 Å². The van der Waals surface area contributed by atoms with Crippen LogP contribution in [0.5, 0.6) is 5.75 Å². The number of carbonyl (C=O) groups is 1. The lowest BCUT2D eigenvalue weighted by Gasteiger charge is -2.32. The fourth-order valence-corrected chi connectivity index (χ4v) is 4.69. The number of piperidine rings is 1. The fraction of sp³-hybridized carbons (Fsp3) is 0.263. The maximum Gasteiger partial charge on any atom is 0.285 e. The van der Waals surface area contributed by atoms with Gasteiger partial charge >= 0.3 is 0 Å². The Morgan fingerprint density at radius 2 is 1.74 bits per heavy atom. The third-order valence-corrected chi connectivity index (χ3v) is 6.24. The molecule has 1 fully saturated rings. The summed E-state index contributed by atoms with van der Waals surface area (Å²) >= 11 is 0. The van der Waals surface area contributed by atoms with Crippen LogP contribution < -0.4 is 5.32 Å². The van der Waals surface area contributed by atoms with Gasteiger partial charge in [0.05, 0.1) is 0 Å². The van der Waals surface area contributed by atoms with Crippen LogP contribution in [0.1, 0.15) is 18.4 Å². The molecule has 1 saturated heterocycles. The Balaban J connectivity index is 1.42. The van der Waals surface area contributed by atoms with Crippen molar-refractivity contribution in [2.45, 2.75) is 17.7 Å². The molecule has 0 radical (unpaired) electrons. The van der Waals surface area contributed by atoms with Gasteiger partial charge in [-0.25, -0.2) is 0 Å². The molecule has 0 spiro atoms. The summed E-state index contributed by atoms with van der Waals surface area (Å²) in [6.07, 6.45) is 1.23. The van der Waals surface area contributed by atoms with Crippen LogP contribution >= 0.6 is 0 Å². The van der Waals surface area contributed by atoms with Gasteiger partial charge in [-0.2, -0.15) is 8.42 Å². The van der Waals surface area contributed by atoms with Crippen LogP contribution in [0.2, 0.25) is 0 Å². The summed E-state index contributed by atoms with van der Waals surface area (Å²) in [5.74, 6) is 0.405.